The van der Waals surface area contributed by atoms with Crippen molar-refractivity contribution in [2.75, 3.05) is 24.2 Å². The molecule has 0 spiro atoms. The fraction of sp³-hybridized carbons (Fsp3) is 0.619. The summed E-state index contributed by atoms with van der Waals surface area (Å²) in [5.41, 5.74) is 1.62. The van der Waals surface area contributed by atoms with Crippen molar-refractivity contribution in [2.45, 2.75) is 70.8 Å². The van der Waals surface area contributed by atoms with E-state index in [2.05, 4.69) is 17.6 Å². The summed E-state index contributed by atoms with van der Waals surface area (Å²) in [5, 5.41) is 6.12. The Balaban J connectivity index is 1.80. The molecule has 0 aliphatic heterocycles. The smallest absolute Gasteiger partial charge is 0.241 e. The fourth-order valence-corrected chi connectivity index (χ4v) is 3.44. The van der Waals surface area contributed by atoms with E-state index in [9.17, 15) is 9.59 Å². The number of unbranched alkanes of at least 4 members (excludes halogenated alkanes) is 2. The molecule has 144 valence electrons. The van der Waals surface area contributed by atoms with Crippen molar-refractivity contribution in [1.29, 1.82) is 0 Å². The molecule has 1 saturated carbocycles. The Labute approximate surface area is 157 Å². The monoisotopic (exact) mass is 359 g/mol. The average Bonchev–Trinajstić information content (AvgIpc) is 2.66. The molecule has 0 heterocycles. The van der Waals surface area contributed by atoms with Gasteiger partial charge in [-0.1, -0.05) is 45.1 Å². The van der Waals surface area contributed by atoms with E-state index in [1.165, 1.54) is 19.3 Å². The van der Waals surface area contributed by atoms with Gasteiger partial charge in [0, 0.05) is 30.9 Å². The summed E-state index contributed by atoms with van der Waals surface area (Å²) in [6, 6.07) is 7.94. The average molecular weight is 360 g/mol. The normalized spacial score (nSPS) is 14.7. The van der Waals surface area contributed by atoms with E-state index >= 15 is 0 Å². The molecule has 0 atom stereocenters. The standard InChI is InChI=1S/C21H33N3O2/c1-3-4-6-14-20(25)23-18-11-9-10-17(15-18)22-16-21(26)24(2)19-12-7-5-8-13-19/h9-11,15,19,22H,3-8,12-14,16H2,1-2H3,(H,23,25). The van der Waals surface area contributed by atoms with Crippen LogP contribution >= 0.6 is 0 Å². The van der Waals surface area contributed by atoms with Gasteiger partial charge in [-0.3, -0.25) is 9.59 Å². The van der Waals surface area contributed by atoms with E-state index in [1.807, 2.05) is 36.2 Å². The zero-order valence-corrected chi connectivity index (χ0v) is 16.2. The lowest BCUT2D eigenvalue weighted by Crippen LogP contribution is -2.41. The third kappa shape index (κ3) is 6.70. The van der Waals surface area contributed by atoms with E-state index < -0.39 is 0 Å². The van der Waals surface area contributed by atoms with Crippen LogP contribution in [-0.2, 0) is 9.59 Å². The lowest BCUT2D eigenvalue weighted by molar-refractivity contribution is -0.130. The second-order valence-corrected chi connectivity index (χ2v) is 7.24. The molecule has 2 N–H and O–H groups in total. The first-order chi connectivity index (χ1) is 12.6. The zero-order chi connectivity index (χ0) is 18.8. The minimum Gasteiger partial charge on any atom is -0.376 e. The van der Waals surface area contributed by atoms with Gasteiger partial charge < -0.3 is 15.5 Å². The van der Waals surface area contributed by atoms with Gasteiger partial charge >= 0.3 is 0 Å². The number of likely N-dealkylation sites (N-methyl/N-ethyl adjacent to an activating group) is 1. The molecule has 1 aromatic carbocycles. The van der Waals surface area contributed by atoms with Gasteiger partial charge in [0.1, 0.15) is 0 Å². The van der Waals surface area contributed by atoms with E-state index in [0.29, 0.717) is 12.5 Å². The second kappa shape index (κ2) is 10.8. The van der Waals surface area contributed by atoms with Crippen LogP contribution in [0.3, 0.4) is 0 Å². The summed E-state index contributed by atoms with van der Waals surface area (Å²) in [6.07, 6.45) is 9.60. The number of carbonyl (C=O) groups is 2. The van der Waals surface area contributed by atoms with Gasteiger partial charge in [0.05, 0.1) is 6.54 Å². The Kier molecular flexibility index (Phi) is 8.45. The van der Waals surface area contributed by atoms with Gasteiger partial charge in [-0.2, -0.15) is 0 Å². The summed E-state index contributed by atoms with van der Waals surface area (Å²) in [6.45, 7) is 2.40. The summed E-state index contributed by atoms with van der Waals surface area (Å²) < 4.78 is 0. The number of benzene rings is 1. The van der Waals surface area contributed by atoms with Gasteiger partial charge in [0.15, 0.2) is 0 Å². The maximum absolute atomic E-state index is 12.4. The van der Waals surface area contributed by atoms with Crippen molar-refractivity contribution in [3.05, 3.63) is 24.3 Å². The molecule has 1 fully saturated rings. The number of hydrogen-bond donors (Lipinski definition) is 2. The van der Waals surface area contributed by atoms with Crippen LogP contribution in [0.1, 0.15) is 64.7 Å². The summed E-state index contributed by atoms with van der Waals surface area (Å²) in [4.78, 5) is 26.2. The van der Waals surface area contributed by atoms with Crippen LogP contribution in [0.5, 0.6) is 0 Å². The summed E-state index contributed by atoms with van der Waals surface area (Å²) >= 11 is 0. The third-order valence-corrected chi connectivity index (χ3v) is 5.11. The van der Waals surface area contributed by atoms with Crippen LogP contribution in [0.2, 0.25) is 0 Å². The second-order valence-electron chi connectivity index (χ2n) is 7.24. The van der Waals surface area contributed by atoms with Crippen LogP contribution in [-0.4, -0.2) is 36.3 Å². The SMILES string of the molecule is CCCCCC(=O)Nc1cccc(NCC(=O)N(C)C2CCCCC2)c1. The summed E-state index contributed by atoms with van der Waals surface area (Å²) in [5.74, 6) is 0.162. The molecule has 0 bridgehead atoms. The zero-order valence-electron chi connectivity index (χ0n) is 16.2. The van der Waals surface area contributed by atoms with Crippen molar-refractivity contribution >= 4 is 23.2 Å². The molecule has 2 rings (SSSR count). The first-order valence-electron chi connectivity index (χ1n) is 9.99. The van der Waals surface area contributed by atoms with Crippen LogP contribution in [0, 0.1) is 0 Å². The number of anilines is 2. The van der Waals surface area contributed by atoms with Crippen molar-refractivity contribution in [2.24, 2.45) is 0 Å². The Hall–Kier alpha value is -2.04. The molecule has 0 saturated heterocycles. The molecule has 5 nitrogen and oxygen atoms in total. The van der Waals surface area contributed by atoms with Gasteiger partial charge in [0.25, 0.3) is 0 Å². The molecular formula is C21H33N3O2. The first kappa shape index (κ1) is 20.3. The molecule has 2 amide bonds. The summed E-state index contributed by atoms with van der Waals surface area (Å²) in [7, 11) is 1.91. The van der Waals surface area contributed by atoms with Gasteiger partial charge in [-0.25, -0.2) is 0 Å². The molecule has 0 radical (unpaired) electrons. The Morgan fingerprint density at radius 2 is 1.85 bits per heavy atom. The van der Waals surface area contributed by atoms with Crippen LogP contribution < -0.4 is 10.6 Å². The van der Waals surface area contributed by atoms with E-state index in [-0.39, 0.29) is 18.4 Å². The van der Waals surface area contributed by atoms with Crippen LogP contribution in [0.15, 0.2) is 24.3 Å². The minimum absolute atomic E-state index is 0.0451. The number of nitrogens with zero attached hydrogens (tertiary/aromatic N) is 1. The Bertz CT molecular complexity index is 582. The van der Waals surface area contributed by atoms with Crippen molar-refractivity contribution in [3.63, 3.8) is 0 Å². The molecule has 0 unspecified atom stereocenters. The molecule has 1 aromatic rings. The number of nitrogens with one attached hydrogen (secondary N) is 2. The minimum atomic E-state index is 0.0451. The van der Waals surface area contributed by atoms with Gasteiger partial charge in [-0.05, 0) is 37.5 Å². The highest BCUT2D eigenvalue weighted by atomic mass is 16.2. The third-order valence-electron chi connectivity index (χ3n) is 5.11. The topological polar surface area (TPSA) is 61.4 Å². The highest BCUT2D eigenvalue weighted by molar-refractivity contribution is 5.91. The van der Waals surface area contributed by atoms with Crippen molar-refractivity contribution in [3.8, 4) is 0 Å². The van der Waals surface area contributed by atoms with Crippen molar-refractivity contribution < 1.29 is 9.59 Å². The molecule has 1 aliphatic rings. The molecule has 0 aromatic heterocycles. The molecular weight excluding hydrogens is 326 g/mol. The van der Waals surface area contributed by atoms with E-state index in [4.69, 9.17) is 0 Å². The lowest BCUT2D eigenvalue weighted by Gasteiger charge is -2.31. The number of carbonyl (C=O) groups excluding carboxylic acids is 2. The predicted molar refractivity (Wildman–Crippen MR) is 107 cm³/mol. The van der Waals surface area contributed by atoms with E-state index in [0.717, 1.165) is 43.5 Å². The predicted octanol–water partition coefficient (Wildman–Crippen LogP) is 4.41. The highest BCUT2D eigenvalue weighted by Crippen LogP contribution is 2.22. The number of hydrogen-bond acceptors (Lipinski definition) is 3. The Morgan fingerprint density at radius 1 is 1.12 bits per heavy atom. The van der Waals surface area contributed by atoms with Crippen molar-refractivity contribution in [1.82, 2.24) is 4.90 Å². The fourth-order valence-electron chi connectivity index (χ4n) is 3.44. The number of amides is 2. The van der Waals surface area contributed by atoms with Gasteiger partial charge in [0.2, 0.25) is 11.8 Å². The molecule has 26 heavy (non-hydrogen) atoms. The molecule has 5 heteroatoms. The van der Waals surface area contributed by atoms with Crippen LogP contribution in [0.25, 0.3) is 0 Å². The maximum Gasteiger partial charge on any atom is 0.241 e. The number of rotatable bonds is 9. The maximum atomic E-state index is 12.4. The van der Waals surface area contributed by atoms with E-state index in [1.54, 1.807) is 0 Å². The molecule has 1 aliphatic carbocycles. The largest absolute Gasteiger partial charge is 0.376 e. The first-order valence-corrected chi connectivity index (χ1v) is 9.99. The lowest BCUT2D eigenvalue weighted by atomic mass is 9.94. The Morgan fingerprint density at radius 3 is 2.58 bits per heavy atom. The van der Waals surface area contributed by atoms with Crippen LogP contribution in [0.4, 0.5) is 11.4 Å². The highest BCUT2D eigenvalue weighted by Gasteiger charge is 2.21. The quantitative estimate of drug-likeness (QED) is 0.642. The van der Waals surface area contributed by atoms with Gasteiger partial charge in [-0.15, -0.1) is 0 Å².